The number of thiazole rings is 1. The number of hydrogen-bond acceptors (Lipinski definition) is 5. The van der Waals surface area contributed by atoms with E-state index in [-0.39, 0.29) is 0 Å². The van der Waals surface area contributed by atoms with Crippen molar-refractivity contribution in [2.75, 3.05) is 19.0 Å². The SMILES string of the molecule is CNCc1cc(N(C)Cc2csc(C)n2)ccn1. The quantitative estimate of drug-likeness (QED) is 0.897. The molecule has 0 amide bonds. The zero-order valence-electron chi connectivity index (χ0n) is 11.0. The lowest BCUT2D eigenvalue weighted by atomic mass is 10.3. The maximum absolute atomic E-state index is 4.48. The van der Waals surface area contributed by atoms with Crippen LogP contribution in [-0.2, 0) is 13.1 Å². The highest BCUT2D eigenvalue weighted by Gasteiger charge is 2.05. The Balaban J connectivity index is 2.08. The van der Waals surface area contributed by atoms with Gasteiger partial charge in [0.25, 0.3) is 0 Å². The zero-order chi connectivity index (χ0) is 13.0. The molecule has 0 saturated heterocycles. The third-order valence-corrected chi connectivity index (χ3v) is 3.49. The molecule has 2 aromatic rings. The molecule has 96 valence electrons. The smallest absolute Gasteiger partial charge is 0.0898 e. The van der Waals surface area contributed by atoms with E-state index >= 15 is 0 Å². The van der Waals surface area contributed by atoms with E-state index in [1.54, 1.807) is 11.3 Å². The van der Waals surface area contributed by atoms with E-state index in [2.05, 4.69) is 38.7 Å². The van der Waals surface area contributed by atoms with E-state index in [9.17, 15) is 0 Å². The molecule has 0 spiro atoms. The molecule has 0 aliphatic rings. The molecule has 2 aromatic heterocycles. The van der Waals surface area contributed by atoms with Crippen LogP contribution in [0.2, 0.25) is 0 Å². The zero-order valence-corrected chi connectivity index (χ0v) is 11.8. The standard InChI is InChI=1S/C13H18N4S/c1-10-16-12(9-18-10)8-17(3)13-4-5-15-11(6-13)7-14-2/h4-6,9,14H,7-8H2,1-3H3. The van der Waals surface area contributed by atoms with E-state index in [1.165, 1.54) is 5.69 Å². The monoisotopic (exact) mass is 262 g/mol. The van der Waals surface area contributed by atoms with Crippen molar-refractivity contribution in [3.05, 3.63) is 40.1 Å². The molecular formula is C13H18N4S. The second-order valence-electron chi connectivity index (χ2n) is 4.25. The molecule has 0 unspecified atom stereocenters. The maximum atomic E-state index is 4.48. The van der Waals surface area contributed by atoms with E-state index in [4.69, 9.17) is 0 Å². The number of anilines is 1. The van der Waals surface area contributed by atoms with Gasteiger partial charge in [-0.2, -0.15) is 0 Å². The minimum absolute atomic E-state index is 0.789. The lowest BCUT2D eigenvalue weighted by Crippen LogP contribution is -2.17. The van der Waals surface area contributed by atoms with Gasteiger partial charge in [-0.25, -0.2) is 4.98 Å². The molecule has 0 atom stereocenters. The van der Waals surface area contributed by atoms with E-state index in [0.29, 0.717) is 0 Å². The third-order valence-electron chi connectivity index (χ3n) is 2.66. The molecule has 0 fully saturated rings. The van der Waals surface area contributed by atoms with Gasteiger partial charge in [-0.3, -0.25) is 4.98 Å². The van der Waals surface area contributed by atoms with Gasteiger partial charge in [-0.05, 0) is 26.1 Å². The first-order valence-corrected chi connectivity index (χ1v) is 6.78. The Labute approximate surface area is 112 Å². The van der Waals surface area contributed by atoms with Crippen LogP contribution in [0.5, 0.6) is 0 Å². The van der Waals surface area contributed by atoms with Crippen LogP contribution >= 0.6 is 11.3 Å². The predicted molar refractivity (Wildman–Crippen MR) is 76.0 cm³/mol. The van der Waals surface area contributed by atoms with Gasteiger partial charge in [0.1, 0.15) is 0 Å². The Morgan fingerprint density at radius 2 is 2.22 bits per heavy atom. The van der Waals surface area contributed by atoms with Gasteiger partial charge in [0, 0.05) is 30.9 Å². The van der Waals surface area contributed by atoms with E-state index < -0.39 is 0 Å². The first-order chi connectivity index (χ1) is 8.69. The van der Waals surface area contributed by atoms with Crippen LogP contribution in [0.3, 0.4) is 0 Å². The predicted octanol–water partition coefficient (Wildman–Crippen LogP) is 2.20. The number of nitrogens with one attached hydrogen (secondary N) is 1. The van der Waals surface area contributed by atoms with Crippen molar-refractivity contribution in [2.45, 2.75) is 20.0 Å². The molecule has 0 saturated carbocycles. The molecule has 2 heterocycles. The Bertz CT molecular complexity index is 509. The van der Waals surface area contributed by atoms with Crippen molar-refractivity contribution in [3.63, 3.8) is 0 Å². The Morgan fingerprint density at radius 3 is 2.89 bits per heavy atom. The van der Waals surface area contributed by atoms with Crippen molar-refractivity contribution in [3.8, 4) is 0 Å². The van der Waals surface area contributed by atoms with Gasteiger partial charge >= 0.3 is 0 Å². The van der Waals surface area contributed by atoms with Gasteiger partial charge in [0.2, 0.25) is 0 Å². The fourth-order valence-electron chi connectivity index (χ4n) is 1.80. The summed E-state index contributed by atoms with van der Waals surface area (Å²) in [5.41, 5.74) is 3.34. The van der Waals surface area contributed by atoms with Crippen LogP contribution in [0.1, 0.15) is 16.4 Å². The van der Waals surface area contributed by atoms with Crippen LogP contribution in [0.25, 0.3) is 0 Å². The summed E-state index contributed by atoms with van der Waals surface area (Å²) in [7, 11) is 4.00. The summed E-state index contributed by atoms with van der Waals surface area (Å²) in [4.78, 5) is 11.0. The van der Waals surface area contributed by atoms with Crippen molar-refractivity contribution >= 4 is 17.0 Å². The fraction of sp³-hybridized carbons (Fsp3) is 0.385. The van der Waals surface area contributed by atoms with Crippen molar-refractivity contribution in [2.24, 2.45) is 0 Å². The number of aromatic nitrogens is 2. The van der Waals surface area contributed by atoms with E-state index in [1.807, 2.05) is 26.2 Å². The second kappa shape index (κ2) is 5.93. The van der Waals surface area contributed by atoms with Gasteiger partial charge in [0.15, 0.2) is 0 Å². The molecule has 0 radical (unpaired) electrons. The lowest BCUT2D eigenvalue weighted by molar-refractivity contribution is 0.788. The first kappa shape index (κ1) is 13.0. The molecule has 0 bridgehead atoms. The summed E-state index contributed by atoms with van der Waals surface area (Å²) in [5, 5.41) is 6.34. The van der Waals surface area contributed by atoms with Crippen LogP contribution < -0.4 is 10.2 Å². The van der Waals surface area contributed by atoms with Crippen molar-refractivity contribution < 1.29 is 0 Å². The summed E-state index contributed by atoms with van der Waals surface area (Å²) in [6, 6.07) is 4.13. The number of aryl methyl sites for hydroxylation is 1. The number of nitrogens with zero attached hydrogens (tertiary/aromatic N) is 3. The van der Waals surface area contributed by atoms with Crippen LogP contribution in [-0.4, -0.2) is 24.1 Å². The highest BCUT2D eigenvalue weighted by atomic mass is 32.1. The molecule has 1 N–H and O–H groups in total. The molecule has 0 aliphatic carbocycles. The Morgan fingerprint density at radius 1 is 1.39 bits per heavy atom. The van der Waals surface area contributed by atoms with Gasteiger partial charge in [-0.15, -0.1) is 11.3 Å². The molecule has 4 nitrogen and oxygen atoms in total. The van der Waals surface area contributed by atoms with Crippen LogP contribution in [0, 0.1) is 6.92 Å². The molecule has 0 aliphatic heterocycles. The minimum atomic E-state index is 0.789. The third kappa shape index (κ3) is 3.27. The van der Waals surface area contributed by atoms with Gasteiger partial charge < -0.3 is 10.2 Å². The van der Waals surface area contributed by atoms with Crippen molar-refractivity contribution in [1.82, 2.24) is 15.3 Å². The number of pyridine rings is 1. The van der Waals surface area contributed by atoms with Crippen LogP contribution in [0.4, 0.5) is 5.69 Å². The second-order valence-corrected chi connectivity index (χ2v) is 5.31. The van der Waals surface area contributed by atoms with Gasteiger partial charge in [-0.1, -0.05) is 0 Å². The highest BCUT2D eigenvalue weighted by molar-refractivity contribution is 7.09. The maximum Gasteiger partial charge on any atom is 0.0898 e. The minimum Gasteiger partial charge on any atom is -0.369 e. The first-order valence-electron chi connectivity index (χ1n) is 5.90. The van der Waals surface area contributed by atoms with E-state index in [0.717, 1.165) is 29.5 Å². The topological polar surface area (TPSA) is 41.0 Å². The number of rotatable bonds is 5. The lowest BCUT2D eigenvalue weighted by Gasteiger charge is -2.18. The summed E-state index contributed by atoms with van der Waals surface area (Å²) >= 11 is 1.69. The molecule has 5 heteroatoms. The molecular weight excluding hydrogens is 244 g/mol. The number of hydrogen-bond donors (Lipinski definition) is 1. The fourth-order valence-corrected chi connectivity index (χ4v) is 2.40. The summed E-state index contributed by atoms with van der Waals surface area (Å²) < 4.78 is 0. The Kier molecular flexibility index (Phi) is 4.28. The average Bonchev–Trinajstić information content (AvgIpc) is 2.75. The largest absolute Gasteiger partial charge is 0.369 e. The van der Waals surface area contributed by atoms with Gasteiger partial charge in [0.05, 0.1) is 22.9 Å². The normalized spacial score (nSPS) is 10.6. The summed E-state index contributed by atoms with van der Waals surface area (Å²) in [6.07, 6.45) is 1.85. The average molecular weight is 262 g/mol. The molecule has 0 aromatic carbocycles. The molecule has 2 rings (SSSR count). The van der Waals surface area contributed by atoms with Crippen LogP contribution in [0.15, 0.2) is 23.7 Å². The Hall–Kier alpha value is -1.46. The summed E-state index contributed by atoms with van der Waals surface area (Å²) in [6.45, 7) is 3.65. The summed E-state index contributed by atoms with van der Waals surface area (Å²) in [5.74, 6) is 0. The molecule has 18 heavy (non-hydrogen) atoms. The highest BCUT2D eigenvalue weighted by Crippen LogP contribution is 2.17. The van der Waals surface area contributed by atoms with Crippen molar-refractivity contribution in [1.29, 1.82) is 0 Å².